The number of nitrogens with zero attached hydrogens (tertiary/aromatic N) is 2. The van der Waals surface area contributed by atoms with Gasteiger partial charge in [-0.1, -0.05) is 25.3 Å². The number of nitrogens with one attached hydrogen (secondary N) is 1. The number of carbonyl (C=O) groups excluding carboxylic acids is 2. The Labute approximate surface area is 149 Å². The van der Waals surface area contributed by atoms with E-state index in [0.29, 0.717) is 18.9 Å². The lowest BCUT2D eigenvalue weighted by atomic mass is 9.81. The van der Waals surface area contributed by atoms with Gasteiger partial charge in [0, 0.05) is 19.3 Å². The standard InChI is InChI=1S/C19H28N4O2/c1-14-7-8-16(21-12-14)22-17(24)15-6-5-11-23(13-15)18(25)19(20)9-3-2-4-10-19/h7-8,12,15H,2-6,9-11,13,20H2,1H3,(H,21,22,24). The Balaban J connectivity index is 1.61. The molecule has 1 aliphatic heterocycles. The molecule has 3 rings (SSSR count). The van der Waals surface area contributed by atoms with Gasteiger partial charge >= 0.3 is 0 Å². The molecule has 2 aliphatic rings. The van der Waals surface area contributed by atoms with Crippen molar-refractivity contribution in [2.75, 3.05) is 18.4 Å². The van der Waals surface area contributed by atoms with Crippen LogP contribution < -0.4 is 11.1 Å². The third-order valence-corrected chi connectivity index (χ3v) is 5.41. The van der Waals surface area contributed by atoms with E-state index in [1.807, 2.05) is 17.9 Å². The second-order valence-corrected chi connectivity index (χ2v) is 7.52. The molecule has 1 aromatic heterocycles. The third-order valence-electron chi connectivity index (χ3n) is 5.41. The van der Waals surface area contributed by atoms with Crippen LogP contribution in [0.25, 0.3) is 0 Å². The van der Waals surface area contributed by atoms with Crippen molar-refractivity contribution in [2.24, 2.45) is 11.7 Å². The highest BCUT2D eigenvalue weighted by atomic mass is 16.2. The number of rotatable bonds is 3. The van der Waals surface area contributed by atoms with Gasteiger partial charge in [-0.2, -0.15) is 0 Å². The molecule has 0 bridgehead atoms. The fourth-order valence-electron chi connectivity index (χ4n) is 3.86. The van der Waals surface area contributed by atoms with E-state index in [2.05, 4.69) is 10.3 Å². The molecular formula is C19H28N4O2. The number of aryl methyl sites for hydroxylation is 1. The Morgan fingerprint density at radius 3 is 2.68 bits per heavy atom. The fourth-order valence-corrected chi connectivity index (χ4v) is 3.86. The summed E-state index contributed by atoms with van der Waals surface area (Å²) < 4.78 is 0. The monoisotopic (exact) mass is 344 g/mol. The SMILES string of the molecule is Cc1ccc(NC(=O)C2CCCN(C(=O)C3(N)CCCCC3)C2)nc1. The van der Waals surface area contributed by atoms with E-state index in [1.165, 1.54) is 0 Å². The Bertz CT molecular complexity index is 623. The van der Waals surface area contributed by atoms with Crippen LogP contribution >= 0.6 is 0 Å². The summed E-state index contributed by atoms with van der Waals surface area (Å²) in [5.41, 5.74) is 6.71. The zero-order chi connectivity index (χ0) is 17.9. The number of hydrogen-bond donors (Lipinski definition) is 2. The summed E-state index contributed by atoms with van der Waals surface area (Å²) in [4.78, 5) is 31.5. The lowest BCUT2D eigenvalue weighted by Crippen LogP contribution is -2.58. The molecule has 1 saturated heterocycles. The summed E-state index contributed by atoms with van der Waals surface area (Å²) in [7, 11) is 0. The van der Waals surface area contributed by atoms with Crippen LogP contribution in [0.2, 0.25) is 0 Å². The zero-order valence-corrected chi connectivity index (χ0v) is 15.0. The maximum atomic E-state index is 12.9. The Kier molecular flexibility index (Phi) is 5.37. The zero-order valence-electron chi connectivity index (χ0n) is 15.0. The van der Waals surface area contributed by atoms with Crippen LogP contribution in [0.5, 0.6) is 0 Å². The molecule has 2 heterocycles. The molecule has 6 heteroatoms. The van der Waals surface area contributed by atoms with Gasteiger partial charge in [0.25, 0.3) is 0 Å². The number of carbonyl (C=O) groups is 2. The van der Waals surface area contributed by atoms with Crippen molar-refractivity contribution < 1.29 is 9.59 Å². The van der Waals surface area contributed by atoms with Crippen LogP contribution in [-0.2, 0) is 9.59 Å². The summed E-state index contributed by atoms with van der Waals surface area (Å²) >= 11 is 0. The minimum atomic E-state index is -0.727. The average molecular weight is 344 g/mol. The number of piperidine rings is 1. The summed E-state index contributed by atoms with van der Waals surface area (Å²) in [5.74, 6) is 0.316. The number of likely N-dealkylation sites (tertiary alicyclic amines) is 1. The van der Waals surface area contributed by atoms with Crippen molar-refractivity contribution in [1.29, 1.82) is 0 Å². The van der Waals surface area contributed by atoms with E-state index >= 15 is 0 Å². The predicted molar refractivity (Wildman–Crippen MR) is 96.9 cm³/mol. The molecule has 0 radical (unpaired) electrons. The van der Waals surface area contributed by atoms with Crippen LogP contribution in [-0.4, -0.2) is 40.3 Å². The van der Waals surface area contributed by atoms with Crippen LogP contribution in [0.1, 0.15) is 50.5 Å². The number of nitrogens with two attached hydrogens (primary N) is 1. The fraction of sp³-hybridized carbons (Fsp3) is 0.632. The Hall–Kier alpha value is -1.95. The van der Waals surface area contributed by atoms with E-state index in [4.69, 9.17) is 5.73 Å². The topological polar surface area (TPSA) is 88.3 Å². The van der Waals surface area contributed by atoms with Crippen molar-refractivity contribution in [2.45, 2.75) is 57.4 Å². The molecule has 136 valence electrons. The molecule has 1 saturated carbocycles. The lowest BCUT2D eigenvalue weighted by Gasteiger charge is -2.40. The van der Waals surface area contributed by atoms with Crippen LogP contribution in [0.15, 0.2) is 18.3 Å². The second-order valence-electron chi connectivity index (χ2n) is 7.52. The third kappa shape index (κ3) is 4.18. The van der Waals surface area contributed by atoms with Gasteiger partial charge in [0.2, 0.25) is 11.8 Å². The van der Waals surface area contributed by atoms with Crippen LogP contribution in [0, 0.1) is 12.8 Å². The Morgan fingerprint density at radius 2 is 2.00 bits per heavy atom. The molecule has 1 atom stereocenters. The molecule has 0 spiro atoms. The summed E-state index contributed by atoms with van der Waals surface area (Å²) in [6.07, 6.45) is 8.05. The molecular weight excluding hydrogens is 316 g/mol. The van der Waals surface area contributed by atoms with E-state index < -0.39 is 5.54 Å². The molecule has 2 fully saturated rings. The molecule has 25 heavy (non-hydrogen) atoms. The molecule has 1 aliphatic carbocycles. The second kappa shape index (κ2) is 7.52. The predicted octanol–water partition coefficient (Wildman–Crippen LogP) is 2.23. The minimum absolute atomic E-state index is 0.0261. The van der Waals surface area contributed by atoms with Gasteiger partial charge in [-0.05, 0) is 44.2 Å². The Morgan fingerprint density at radius 1 is 1.24 bits per heavy atom. The molecule has 6 nitrogen and oxygen atoms in total. The molecule has 0 aromatic carbocycles. The number of pyridine rings is 1. The maximum absolute atomic E-state index is 12.9. The highest BCUT2D eigenvalue weighted by Crippen LogP contribution is 2.29. The normalized spacial score (nSPS) is 23.1. The summed E-state index contributed by atoms with van der Waals surface area (Å²) in [5, 5.41) is 2.87. The first-order chi connectivity index (χ1) is 12.0. The van der Waals surface area contributed by atoms with Gasteiger partial charge in [-0.3, -0.25) is 9.59 Å². The van der Waals surface area contributed by atoms with Crippen molar-refractivity contribution in [1.82, 2.24) is 9.88 Å². The first-order valence-corrected chi connectivity index (χ1v) is 9.30. The van der Waals surface area contributed by atoms with Gasteiger partial charge in [-0.15, -0.1) is 0 Å². The number of aromatic nitrogens is 1. The van der Waals surface area contributed by atoms with Gasteiger partial charge < -0.3 is 16.0 Å². The molecule has 1 unspecified atom stereocenters. The maximum Gasteiger partial charge on any atom is 0.242 e. The van der Waals surface area contributed by atoms with E-state index in [1.54, 1.807) is 12.3 Å². The first-order valence-electron chi connectivity index (χ1n) is 9.30. The lowest BCUT2D eigenvalue weighted by molar-refractivity contribution is -0.141. The van der Waals surface area contributed by atoms with Crippen LogP contribution in [0.3, 0.4) is 0 Å². The average Bonchev–Trinajstić information content (AvgIpc) is 2.63. The van der Waals surface area contributed by atoms with Gasteiger partial charge in [0.1, 0.15) is 5.82 Å². The van der Waals surface area contributed by atoms with Gasteiger partial charge in [0.15, 0.2) is 0 Å². The number of hydrogen-bond acceptors (Lipinski definition) is 4. The van der Waals surface area contributed by atoms with Crippen molar-refractivity contribution in [3.8, 4) is 0 Å². The van der Waals surface area contributed by atoms with Crippen molar-refractivity contribution in [3.63, 3.8) is 0 Å². The quantitative estimate of drug-likeness (QED) is 0.880. The van der Waals surface area contributed by atoms with E-state index in [-0.39, 0.29) is 17.7 Å². The van der Waals surface area contributed by atoms with Gasteiger partial charge in [0.05, 0.1) is 11.5 Å². The first kappa shape index (κ1) is 17.9. The smallest absolute Gasteiger partial charge is 0.242 e. The minimum Gasteiger partial charge on any atom is -0.340 e. The highest BCUT2D eigenvalue weighted by molar-refractivity contribution is 5.93. The number of anilines is 1. The highest BCUT2D eigenvalue weighted by Gasteiger charge is 2.40. The van der Waals surface area contributed by atoms with Crippen molar-refractivity contribution >= 4 is 17.6 Å². The van der Waals surface area contributed by atoms with E-state index in [9.17, 15) is 9.59 Å². The summed E-state index contributed by atoms with van der Waals surface area (Å²) in [6, 6.07) is 3.72. The van der Waals surface area contributed by atoms with Crippen LogP contribution in [0.4, 0.5) is 5.82 Å². The van der Waals surface area contributed by atoms with Crippen molar-refractivity contribution in [3.05, 3.63) is 23.9 Å². The largest absolute Gasteiger partial charge is 0.340 e. The van der Waals surface area contributed by atoms with E-state index in [0.717, 1.165) is 50.5 Å². The molecule has 3 N–H and O–H groups in total. The molecule has 1 aromatic rings. The summed E-state index contributed by atoms with van der Waals surface area (Å²) in [6.45, 7) is 3.11. The molecule has 2 amide bonds. The number of amides is 2. The van der Waals surface area contributed by atoms with Gasteiger partial charge in [-0.25, -0.2) is 4.98 Å².